The summed E-state index contributed by atoms with van der Waals surface area (Å²) in [6.07, 6.45) is 5.02. The zero-order valence-electron chi connectivity index (χ0n) is 19.8. The first-order chi connectivity index (χ1) is 15.5. The second-order valence-electron chi connectivity index (χ2n) is 9.50. The Bertz CT molecular complexity index is 902. The third-order valence-electron chi connectivity index (χ3n) is 7.05. The van der Waals surface area contributed by atoms with Crippen LogP contribution in [0.2, 0.25) is 0 Å². The monoisotopic (exact) mass is 435 g/mol. The van der Waals surface area contributed by atoms with Gasteiger partial charge in [0.15, 0.2) is 0 Å². The second kappa shape index (κ2) is 10.5. The molecule has 2 aliphatic heterocycles. The number of rotatable bonds is 6. The number of benzene rings is 2. The third kappa shape index (κ3) is 5.51. The Hall–Kier alpha value is -2.37. The van der Waals surface area contributed by atoms with Crippen LogP contribution in [0.25, 0.3) is 0 Å². The first-order valence-electron chi connectivity index (χ1n) is 12.0. The summed E-state index contributed by atoms with van der Waals surface area (Å²) in [7, 11) is 1.82. The van der Waals surface area contributed by atoms with Gasteiger partial charge < -0.3 is 15.0 Å². The second-order valence-corrected chi connectivity index (χ2v) is 9.50. The van der Waals surface area contributed by atoms with Crippen LogP contribution in [-0.4, -0.2) is 56.7 Å². The van der Waals surface area contributed by atoms with Crippen molar-refractivity contribution in [3.63, 3.8) is 0 Å². The highest BCUT2D eigenvalue weighted by Gasteiger charge is 2.29. The lowest BCUT2D eigenvalue weighted by molar-refractivity contribution is 0.0610. The molecule has 0 saturated carbocycles. The molecule has 0 unspecified atom stereocenters. The van der Waals surface area contributed by atoms with Crippen LogP contribution in [0.5, 0.6) is 0 Å². The van der Waals surface area contributed by atoms with Gasteiger partial charge in [-0.25, -0.2) is 0 Å². The number of likely N-dealkylation sites (tertiary alicyclic amines) is 1. The van der Waals surface area contributed by atoms with E-state index in [9.17, 15) is 4.79 Å². The third-order valence-corrected chi connectivity index (χ3v) is 7.05. The van der Waals surface area contributed by atoms with E-state index in [2.05, 4.69) is 27.2 Å². The van der Waals surface area contributed by atoms with Crippen molar-refractivity contribution >= 4 is 17.3 Å². The van der Waals surface area contributed by atoms with Crippen LogP contribution in [-0.2, 0) is 4.74 Å². The van der Waals surface area contributed by atoms with E-state index in [-0.39, 0.29) is 5.91 Å². The summed E-state index contributed by atoms with van der Waals surface area (Å²) in [5.41, 5.74) is 4.98. The molecule has 5 nitrogen and oxygen atoms in total. The number of amides is 1. The number of nitrogens with one attached hydrogen (secondary N) is 1. The summed E-state index contributed by atoms with van der Waals surface area (Å²) >= 11 is 0. The quantitative estimate of drug-likeness (QED) is 0.702. The predicted octanol–water partition coefficient (Wildman–Crippen LogP) is 4.88. The highest BCUT2D eigenvalue weighted by atomic mass is 16.5. The fourth-order valence-corrected chi connectivity index (χ4v) is 5.31. The van der Waals surface area contributed by atoms with E-state index in [4.69, 9.17) is 4.74 Å². The summed E-state index contributed by atoms with van der Waals surface area (Å²) in [5, 5.41) is 3.04. The fourth-order valence-electron chi connectivity index (χ4n) is 5.31. The Morgan fingerprint density at radius 2 is 1.78 bits per heavy atom. The maximum absolute atomic E-state index is 12.6. The van der Waals surface area contributed by atoms with Gasteiger partial charge in [0.2, 0.25) is 0 Å². The number of ether oxygens (including phenoxy) is 1. The van der Waals surface area contributed by atoms with Crippen molar-refractivity contribution in [1.29, 1.82) is 0 Å². The molecule has 1 amide bonds. The largest absolute Gasteiger partial charge is 0.384 e. The van der Waals surface area contributed by atoms with Crippen LogP contribution in [0.15, 0.2) is 42.5 Å². The van der Waals surface area contributed by atoms with Crippen LogP contribution in [0.4, 0.5) is 11.4 Å². The van der Waals surface area contributed by atoms with Crippen LogP contribution >= 0.6 is 0 Å². The number of methoxy groups -OCH3 is 1. The lowest BCUT2D eigenvalue weighted by Crippen LogP contribution is -2.49. The first-order valence-corrected chi connectivity index (χ1v) is 12.0. The van der Waals surface area contributed by atoms with E-state index >= 15 is 0 Å². The van der Waals surface area contributed by atoms with E-state index in [0.717, 1.165) is 36.5 Å². The van der Waals surface area contributed by atoms with E-state index < -0.39 is 0 Å². The molecule has 0 bridgehead atoms. The molecule has 172 valence electrons. The van der Waals surface area contributed by atoms with Gasteiger partial charge in [-0.2, -0.15) is 0 Å². The van der Waals surface area contributed by atoms with Crippen molar-refractivity contribution in [2.24, 2.45) is 5.92 Å². The standard InChI is InChI=1S/C27H37N3O2/c1-20-6-11-26(21(2)17-20)27(31)28-23-7-9-24(10-8-23)29-15-12-25(13-16-29)30-14-4-5-22(18-30)19-32-3/h6-11,17,22,25H,4-5,12-16,18-19H2,1-3H3,(H,28,31)/t22-/m1/s1. The minimum Gasteiger partial charge on any atom is -0.384 e. The predicted molar refractivity (Wildman–Crippen MR) is 132 cm³/mol. The van der Waals surface area contributed by atoms with E-state index in [1.54, 1.807) is 0 Å². The van der Waals surface area contributed by atoms with Crippen LogP contribution in [0.3, 0.4) is 0 Å². The first kappa shape index (κ1) is 22.8. The number of hydrogen-bond acceptors (Lipinski definition) is 4. The zero-order valence-corrected chi connectivity index (χ0v) is 19.8. The number of piperidine rings is 2. The lowest BCUT2D eigenvalue weighted by atomic mass is 9.94. The molecule has 2 saturated heterocycles. The van der Waals surface area contributed by atoms with Crippen molar-refractivity contribution in [2.45, 2.75) is 45.6 Å². The van der Waals surface area contributed by atoms with Crippen molar-refractivity contribution in [2.75, 3.05) is 50.1 Å². The van der Waals surface area contributed by atoms with Gasteiger partial charge in [0.05, 0.1) is 6.61 Å². The van der Waals surface area contributed by atoms with Crippen molar-refractivity contribution in [3.8, 4) is 0 Å². The molecule has 1 atom stereocenters. The highest BCUT2D eigenvalue weighted by molar-refractivity contribution is 6.05. The average Bonchev–Trinajstić information content (AvgIpc) is 2.80. The lowest BCUT2D eigenvalue weighted by Gasteiger charge is -2.42. The molecule has 2 fully saturated rings. The molecule has 2 aromatic rings. The summed E-state index contributed by atoms with van der Waals surface area (Å²) in [4.78, 5) is 17.8. The molecular formula is C27H37N3O2. The smallest absolute Gasteiger partial charge is 0.255 e. The maximum Gasteiger partial charge on any atom is 0.255 e. The molecule has 5 heteroatoms. The molecule has 1 N–H and O–H groups in total. The molecule has 0 radical (unpaired) electrons. The Labute approximate surface area is 192 Å². The number of carbonyl (C=O) groups excluding carboxylic acids is 1. The molecule has 0 spiro atoms. The molecule has 32 heavy (non-hydrogen) atoms. The SMILES string of the molecule is COC[C@@H]1CCCN(C2CCN(c3ccc(NC(=O)c4ccc(C)cc4C)cc3)CC2)C1. The molecule has 2 aromatic carbocycles. The summed E-state index contributed by atoms with van der Waals surface area (Å²) in [6.45, 7) is 9.51. The Morgan fingerprint density at radius 3 is 2.47 bits per heavy atom. The number of anilines is 2. The fraction of sp³-hybridized carbons (Fsp3) is 0.519. The summed E-state index contributed by atoms with van der Waals surface area (Å²) in [5.74, 6) is 0.641. The summed E-state index contributed by atoms with van der Waals surface area (Å²) in [6, 6.07) is 14.9. The van der Waals surface area contributed by atoms with Crippen molar-refractivity contribution in [3.05, 3.63) is 59.2 Å². The van der Waals surface area contributed by atoms with E-state index in [1.807, 2.05) is 51.3 Å². The van der Waals surface area contributed by atoms with Gasteiger partial charge >= 0.3 is 0 Å². The van der Waals surface area contributed by atoms with Crippen LogP contribution in [0, 0.1) is 19.8 Å². The van der Waals surface area contributed by atoms with E-state index in [1.165, 1.54) is 50.0 Å². The number of nitrogens with zero attached hydrogens (tertiary/aromatic N) is 2. The van der Waals surface area contributed by atoms with Gasteiger partial charge in [-0.05, 0) is 87.9 Å². The van der Waals surface area contributed by atoms with Crippen LogP contribution < -0.4 is 10.2 Å². The molecular weight excluding hydrogens is 398 g/mol. The van der Waals surface area contributed by atoms with Gasteiger partial charge in [-0.15, -0.1) is 0 Å². The molecule has 0 aromatic heterocycles. The normalized spacial score (nSPS) is 20.3. The topological polar surface area (TPSA) is 44.8 Å². The van der Waals surface area contributed by atoms with Crippen LogP contribution in [0.1, 0.15) is 47.2 Å². The molecule has 0 aliphatic carbocycles. The number of carbonyl (C=O) groups is 1. The van der Waals surface area contributed by atoms with Gasteiger partial charge in [-0.3, -0.25) is 9.69 Å². The number of hydrogen-bond donors (Lipinski definition) is 1. The Balaban J connectivity index is 1.30. The van der Waals surface area contributed by atoms with Crippen molar-refractivity contribution in [1.82, 2.24) is 4.90 Å². The van der Waals surface area contributed by atoms with Gasteiger partial charge in [0, 0.05) is 49.7 Å². The Morgan fingerprint density at radius 1 is 1.03 bits per heavy atom. The van der Waals surface area contributed by atoms with Gasteiger partial charge in [0.25, 0.3) is 5.91 Å². The van der Waals surface area contributed by atoms with Crippen molar-refractivity contribution < 1.29 is 9.53 Å². The highest BCUT2D eigenvalue weighted by Crippen LogP contribution is 2.27. The summed E-state index contributed by atoms with van der Waals surface area (Å²) < 4.78 is 5.40. The number of aryl methyl sites for hydroxylation is 2. The minimum absolute atomic E-state index is 0.0515. The molecule has 2 heterocycles. The zero-order chi connectivity index (χ0) is 22.5. The van der Waals surface area contributed by atoms with Gasteiger partial charge in [-0.1, -0.05) is 17.7 Å². The minimum atomic E-state index is -0.0515. The molecule has 2 aliphatic rings. The Kier molecular flexibility index (Phi) is 7.48. The van der Waals surface area contributed by atoms with E-state index in [0.29, 0.717) is 12.0 Å². The molecule has 4 rings (SSSR count). The van der Waals surface area contributed by atoms with Gasteiger partial charge in [0.1, 0.15) is 0 Å². The maximum atomic E-state index is 12.6. The average molecular weight is 436 g/mol.